The molecule has 0 radical (unpaired) electrons. The van der Waals surface area contributed by atoms with Crippen LogP contribution in [0.2, 0.25) is 0 Å². The average molecular weight is 406 g/mol. The van der Waals surface area contributed by atoms with Crippen LogP contribution in [-0.2, 0) is 9.59 Å². The van der Waals surface area contributed by atoms with Gasteiger partial charge in [0.15, 0.2) is 5.78 Å². The Bertz CT molecular complexity index is 911. The van der Waals surface area contributed by atoms with Gasteiger partial charge < -0.3 is 14.5 Å². The number of nitrogens with zero attached hydrogens (tertiary/aromatic N) is 2. The molecule has 0 bridgehead atoms. The molecule has 2 heterocycles. The Morgan fingerprint density at radius 1 is 0.933 bits per heavy atom. The van der Waals surface area contributed by atoms with Crippen molar-refractivity contribution >= 4 is 17.6 Å². The van der Waals surface area contributed by atoms with Gasteiger partial charge in [0.1, 0.15) is 11.5 Å². The average Bonchev–Trinajstić information content (AvgIpc) is 3.19. The van der Waals surface area contributed by atoms with Gasteiger partial charge in [-0.15, -0.1) is 0 Å². The van der Waals surface area contributed by atoms with E-state index in [0.29, 0.717) is 37.4 Å². The number of para-hydroxylation sites is 1. The zero-order chi connectivity index (χ0) is 20.9. The molecule has 0 aliphatic carbocycles. The maximum Gasteiger partial charge on any atom is 0.242 e. The number of benzene rings is 2. The first-order chi connectivity index (χ1) is 14.6. The van der Waals surface area contributed by atoms with Gasteiger partial charge in [-0.1, -0.05) is 18.2 Å². The summed E-state index contributed by atoms with van der Waals surface area (Å²) in [5.41, 5.74) is 0.629. The fourth-order valence-corrected chi connectivity index (χ4v) is 4.10. The number of Topliss-reactive ketones (excluding diaryl/α,β-unsaturated/α-hetero) is 1. The zero-order valence-corrected chi connectivity index (χ0v) is 17.0. The summed E-state index contributed by atoms with van der Waals surface area (Å²) in [5.74, 6) is 1.25. The molecule has 2 aliphatic rings. The van der Waals surface area contributed by atoms with E-state index in [1.807, 2.05) is 30.3 Å². The summed E-state index contributed by atoms with van der Waals surface area (Å²) in [6.07, 6.45) is 2.91. The molecule has 2 aromatic rings. The highest BCUT2D eigenvalue weighted by Gasteiger charge is 2.31. The highest BCUT2D eigenvalue weighted by atomic mass is 16.5. The number of carbonyl (C=O) groups is 3. The van der Waals surface area contributed by atoms with Gasteiger partial charge >= 0.3 is 0 Å². The van der Waals surface area contributed by atoms with Crippen LogP contribution < -0.4 is 4.74 Å². The normalized spacial score (nSPS) is 19.1. The van der Waals surface area contributed by atoms with Crippen molar-refractivity contribution < 1.29 is 19.1 Å². The van der Waals surface area contributed by atoms with Crippen molar-refractivity contribution in [3.05, 3.63) is 60.2 Å². The molecule has 30 heavy (non-hydrogen) atoms. The van der Waals surface area contributed by atoms with Crippen molar-refractivity contribution in [3.63, 3.8) is 0 Å². The largest absolute Gasteiger partial charge is 0.457 e. The Labute approximate surface area is 176 Å². The smallest absolute Gasteiger partial charge is 0.242 e. The Hall–Kier alpha value is -3.15. The molecule has 0 unspecified atom stereocenters. The Kier molecular flexibility index (Phi) is 6.12. The van der Waals surface area contributed by atoms with Crippen molar-refractivity contribution in [1.29, 1.82) is 0 Å². The molecule has 6 nitrogen and oxygen atoms in total. The monoisotopic (exact) mass is 406 g/mol. The number of ether oxygens (including phenoxy) is 1. The number of hydrogen-bond acceptors (Lipinski definition) is 4. The molecule has 0 aromatic heterocycles. The SMILES string of the molecule is O=C(c1ccc(Oc2ccccc2)cc1)[C@@H]1CCCN(C(=O)CN2CCCC2=O)C1. The van der Waals surface area contributed by atoms with Crippen molar-refractivity contribution in [1.82, 2.24) is 9.80 Å². The van der Waals surface area contributed by atoms with Gasteiger partial charge in [-0.05, 0) is 55.7 Å². The summed E-state index contributed by atoms with van der Waals surface area (Å²) < 4.78 is 5.78. The molecule has 0 N–H and O–H groups in total. The van der Waals surface area contributed by atoms with Gasteiger partial charge in [0, 0.05) is 37.5 Å². The molecule has 0 saturated carbocycles. The van der Waals surface area contributed by atoms with Crippen LogP contribution >= 0.6 is 0 Å². The van der Waals surface area contributed by atoms with E-state index in [4.69, 9.17) is 4.74 Å². The van der Waals surface area contributed by atoms with Crippen molar-refractivity contribution in [2.75, 3.05) is 26.2 Å². The number of piperidine rings is 1. The van der Waals surface area contributed by atoms with Crippen LogP contribution in [0.25, 0.3) is 0 Å². The highest BCUT2D eigenvalue weighted by molar-refractivity contribution is 5.98. The first-order valence-corrected chi connectivity index (χ1v) is 10.5. The van der Waals surface area contributed by atoms with Gasteiger partial charge in [-0.25, -0.2) is 0 Å². The second-order valence-corrected chi connectivity index (χ2v) is 7.90. The van der Waals surface area contributed by atoms with Crippen LogP contribution in [0, 0.1) is 5.92 Å². The quantitative estimate of drug-likeness (QED) is 0.689. The van der Waals surface area contributed by atoms with Crippen LogP contribution in [0.4, 0.5) is 0 Å². The third-order valence-corrected chi connectivity index (χ3v) is 5.76. The minimum atomic E-state index is -0.210. The fourth-order valence-electron chi connectivity index (χ4n) is 4.10. The van der Waals surface area contributed by atoms with E-state index < -0.39 is 0 Å². The molecule has 4 rings (SSSR count). The topological polar surface area (TPSA) is 66.9 Å². The lowest BCUT2D eigenvalue weighted by Gasteiger charge is -2.33. The van der Waals surface area contributed by atoms with Gasteiger partial charge in [0.05, 0.1) is 6.54 Å². The third kappa shape index (κ3) is 4.70. The molecule has 2 amide bonds. The van der Waals surface area contributed by atoms with Gasteiger partial charge in [-0.2, -0.15) is 0 Å². The molecule has 2 aliphatic heterocycles. The highest BCUT2D eigenvalue weighted by Crippen LogP contribution is 2.25. The Morgan fingerprint density at radius 3 is 2.37 bits per heavy atom. The van der Waals surface area contributed by atoms with Crippen molar-refractivity contribution in [2.24, 2.45) is 5.92 Å². The molecule has 2 fully saturated rings. The lowest BCUT2D eigenvalue weighted by Crippen LogP contribution is -2.46. The van der Waals surface area contributed by atoms with E-state index in [0.717, 1.165) is 25.0 Å². The van der Waals surface area contributed by atoms with Crippen molar-refractivity contribution in [2.45, 2.75) is 25.7 Å². The maximum absolute atomic E-state index is 13.0. The lowest BCUT2D eigenvalue weighted by atomic mass is 9.90. The number of amides is 2. The van der Waals surface area contributed by atoms with E-state index in [1.165, 1.54) is 0 Å². The number of carbonyl (C=O) groups excluding carboxylic acids is 3. The molecular formula is C24H26N2O4. The van der Waals surface area contributed by atoms with Crippen LogP contribution in [0.3, 0.4) is 0 Å². The summed E-state index contributed by atoms with van der Waals surface area (Å²) in [6, 6.07) is 16.6. The second kappa shape index (κ2) is 9.11. The van der Waals surface area contributed by atoms with E-state index in [1.54, 1.807) is 34.1 Å². The molecular weight excluding hydrogens is 380 g/mol. The number of likely N-dealkylation sites (tertiary alicyclic amines) is 2. The molecule has 6 heteroatoms. The Morgan fingerprint density at radius 2 is 1.67 bits per heavy atom. The molecule has 2 saturated heterocycles. The van der Waals surface area contributed by atoms with E-state index in [9.17, 15) is 14.4 Å². The second-order valence-electron chi connectivity index (χ2n) is 7.90. The van der Waals surface area contributed by atoms with Crippen molar-refractivity contribution in [3.8, 4) is 11.5 Å². The van der Waals surface area contributed by atoms with E-state index >= 15 is 0 Å². The first kappa shape index (κ1) is 20.1. The zero-order valence-electron chi connectivity index (χ0n) is 17.0. The predicted molar refractivity (Wildman–Crippen MR) is 112 cm³/mol. The van der Waals surface area contributed by atoms with E-state index in [-0.39, 0.29) is 30.1 Å². The first-order valence-electron chi connectivity index (χ1n) is 10.5. The van der Waals surface area contributed by atoms with Crippen LogP contribution in [-0.4, -0.2) is 53.6 Å². The van der Waals surface area contributed by atoms with Crippen LogP contribution in [0.15, 0.2) is 54.6 Å². The van der Waals surface area contributed by atoms with Crippen LogP contribution in [0.5, 0.6) is 11.5 Å². The third-order valence-electron chi connectivity index (χ3n) is 5.76. The van der Waals surface area contributed by atoms with Gasteiger partial charge in [0.25, 0.3) is 0 Å². The fraction of sp³-hybridized carbons (Fsp3) is 0.375. The van der Waals surface area contributed by atoms with Crippen LogP contribution in [0.1, 0.15) is 36.0 Å². The molecule has 156 valence electrons. The van der Waals surface area contributed by atoms with E-state index in [2.05, 4.69) is 0 Å². The minimum Gasteiger partial charge on any atom is -0.457 e. The predicted octanol–water partition coefficient (Wildman–Crippen LogP) is 3.52. The maximum atomic E-state index is 13.0. The lowest BCUT2D eigenvalue weighted by molar-refractivity contribution is -0.139. The summed E-state index contributed by atoms with van der Waals surface area (Å²) in [6.45, 7) is 1.85. The number of rotatable bonds is 6. The standard InChI is InChI=1S/C24H26N2O4/c27-22-9-5-15-26(22)17-23(28)25-14-4-6-19(16-25)24(29)18-10-12-21(13-11-18)30-20-7-2-1-3-8-20/h1-3,7-8,10-13,19H,4-6,9,14-17H2/t19-/m1/s1. The molecule has 0 spiro atoms. The number of hydrogen-bond donors (Lipinski definition) is 0. The Balaban J connectivity index is 1.35. The van der Waals surface area contributed by atoms with Gasteiger partial charge in [-0.3, -0.25) is 14.4 Å². The summed E-state index contributed by atoms with van der Waals surface area (Å²) in [5, 5.41) is 0. The molecule has 1 atom stereocenters. The summed E-state index contributed by atoms with van der Waals surface area (Å²) >= 11 is 0. The number of ketones is 1. The molecule has 2 aromatic carbocycles. The summed E-state index contributed by atoms with van der Waals surface area (Å²) in [7, 11) is 0. The minimum absolute atomic E-state index is 0.0470. The summed E-state index contributed by atoms with van der Waals surface area (Å²) in [4.78, 5) is 40.8. The van der Waals surface area contributed by atoms with Gasteiger partial charge in [0.2, 0.25) is 11.8 Å².